The monoisotopic (exact) mass is 432 g/mol. The summed E-state index contributed by atoms with van der Waals surface area (Å²) in [6.07, 6.45) is -2.39. The molecule has 3 heterocycles. The number of ether oxygens (including phenoxy) is 1. The van der Waals surface area contributed by atoms with E-state index in [0.29, 0.717) is 28.7 Å². The Morgan fingerprint density at radius 2 is 1.96 bits per heavy atom. The zero-order valence-electron chi connectivity index (χ0n) is 14.8. The van der Waals surface area contributed by atoms with Gasteiger partial charge >= 0.3 is 17.8 Å². The van der Waals surface area contributed by atoms with E-state index in [9.17, 15) is 18.0 Å². The highest BCUT2D eigenvalue weighted by molar-refractivity contribution is 8.15. The fourth-order valence-corrected chi connectivity index (χ4v) is 4.74. The maximum Gasteiger partial charge on any atom is 0.446 e. The number of alkyl halides is 3. The van der Waals surface area contributed by atoms with Crippen molar-refractivity contribution in [2.24, 2.45) is 9.98 Å². The van der Waals surface area contributed by atoms with Crippen LogP contribution in [0.4, 0.5) is 18.9 Å². The molecule has 0 amide bonds. The van der Waals surface area contributed by atoms with E-state index in [-0.39, 0.29) is 11.1 Å². The number of carbonyl (C=O) groups excluding carboxylic acids is 1. The van der Waals surface area contributed by atoms with Crippen LogP contribution < -0.4 is 4.90 Å². The van der Waals surface area contributed by atoms with Crippen molar-refractivity contribution in [2.45, 2.75) is 36.0 Å². The Bertz CT molecular complexity index is 886. The third-order valence-electron chi connectivity index (χ3n) is 4.78. The summed E-state index contributed by atoms with van der Waals surface area (Å²) in [5.41, 5.74) is -2.68. The van der Waals surface area contributed by atoms with Gasteiger partial charge in [-0.15, -0.1) is 0 Å². The van der Waals surface area contributed by atoms with E-state index in [1.807, 2.05) is 0 Å². The Morgan fingerprint density at radius 1 is 1.25 bits per heavy atom. The average Bonchev–Trinajstić information content (AvgIpc) is 3.03. The largest absolute Gasteiger partial charge is 0.465 e. The SMILES string of the molecule is COC(=O)[C@]1(C(F)(F)F)N=C2Sc3cc(Cl)ccc3N2C(N2CCCCC2)=N1. The molecular weight excluding hydrogens is 417 g/mol. The predicted octanol–water partition coefficient (Wildman–Crippen LogP) is 3.90. The number of guanidine groups is 1. The first-order valence-electron chi connectivity index (χ1n) is 8.64. The highest BCUT2D eigenvalue weighted by Gasteiger charge is 2.66. The number of carbonyl (C=O) groups is 1. The lowest BCUT2D eigenvalue weighted by molar-refractivity contribution is -0.201. The predicted molar refractivity (Wildman–Crippen MR) is 101 cm³/mol. The number of aliphatic imine (C=N–C) groups is 2. The van der Waals surface area contributed by atoms with Gasteiger partial charge < -0.3 is 9.64 Å². The molecule has 4 rings (SSSR count). The first-order chi connectivity index (χ1) is 13.3. The van der Waals surface area contributed by atoms with Crippen molar-refractivity contribution < 1.29 is 22.7 Å². The van der Waals surface area contributed by atoms with Gasteiger partial charge in [0.25, 0.3) is 0 Å². The number of hydrogen-bond donors (Lipinski definition) is 0. The summed E-state index contributed by atoms with van der Waals surface area (Å²) in [5, 5.41) is 0.480. The van der Waals surface area contributed by atoms with Crippen LogP contribution in [0.2, 0.25) is 5.02 Å². The van der Waals surface area contributed by atoms with Crippen molar-refractivity contribution in [1.82, 2.24) is 4.90 Å². The number of benzene rings is 1. The molecule has 0 aromatic heterocycles. The van der Waals surface area contributed by atoms with Crippen LogP contribution in [0.5, 0.6) is 0 Å². The van der Waals surface area contributed by atoms with Crippen molar-refractivity contribution in [3.63, 3.8) is 0 Å². The summed E-state index contributed by atoms with van der Waals surface area (Å²) in [5.74, 6) is -1.50. The third kappa shape index (κ3) is 2.93. The molecule has 0 spiro atoms. The molecule has 1 atom stereocenters. The number of piperidine rings is 1. The molecule has 0 unspecified atom stereocenters. The standard InChI is InChI=1S/C17H16ClF3N4O2S/c1-27-13(26)16(17(19,20)21)22-14(24-7-3-2-4-8-24)25-11-6-5-10(18)9-12(11)28-15(25)23-16/h5-6,9H,2-4,7-8H2,1H3/t16-/m1/s1. The second-order valence-electron chi connectivity index (χ2n) is 6.56. The van der Waals surface area contributed by atoms with E-state index < -0.39 is 17.8 Å². The molecule has 1 fully saturated rings. The molecule has 28 heavy (non-hydrogen) atoms. The topological polar surface area (TPSA) is 57.5 Å². The molecule has 0 aliphatic carbocycles. The first kappa shape index (κ1) is 19.4. The van der Waals surface area contributed by atoms with E-state index >= 15 is 0 Å². The molecule has 0 N–H and O–H groups in total. The van der Waals surface area contributed by atoms with E-state index in [0.717, 1.165) is 38.1 Å². The number of methoxy groups -OCH3 is 1. The Labute approximate surface area is 168 Å². The summed E-state index contributed by atoms with van der Waals surface area (Å²) in [7, 11) is 0.898. The quantitative estimate of drug-likeness (QED) is 0.630. The second-order valence-corrected chi connectivity index (χ2v) is 8.01. The highest BCUT2D eigenvalue weighted by Crippen LogP contribution is 2.48. The van der Waals surface area contributed by atoms with Crippen LogP contribution in [0, 0.1) is 0 Å². The molecule has 11 heteroatoms. The molecular formula is C17H16ClF3N4O2S. The van der Waals surface area contributed by atoms with Crippen LogP contribution in [0.1, 0.15) is 19.3 Å². The normalized spacial score (nSPS) is 24.3. The van der Waals surface area contributed by atoms with Gasteiger partial charge in [-0.1, -0.05) is 11.6 Å². The minimum atomic E-state index is -5.05. The second kappa shape index (κ2) is 6.84. The number of anilines is 1. The van der Waals surface area contributed by atoms with Crippen LogP contribution in [0.15, 0.2) is 33.1 Å². The summed E-state index contributed by atoms with van der Waals surface area (Å²) in [6, 6.07) is 5.03. The first-order valence-corrected chi connectivity index (χ1v) is 9.83. The lowest BCUT2D eigenvalue weighted by atomic mass is 10.1. The summed E-state index contributed by atoms with van der Waals surface area (Å²) in [6.45, 7) is 1.09. The summed E-state index contributed by atoms with van der Waals surface area (Å²) >= 11 is 7.07. The Morgan fingerprint density at radius 3 is 2.61 bits per heavy atom. The van der Waals surface area contributed by atoms with Gasteiger partial charge in [0.1, 0.15) is 0 Å². The highest BCUT2D eigenvalue weighted by atomic mass is 35.5. The van der Waals surface area contributed by atoms with Crippen molar-refractivity contribution >= 4 is 46.1 Å². The third-order valence-corrected chi connectivity index (χ3v) is 6.02. The maximum atomic E-state index is 14.0. The Kier molecular flexibility index (Phi) is 4.73. The van der Waals surface area contributed by atoms with Gasteiger partial charge in [-0.2, -0.15) is 13.2 Å². The van der Waals surface area contributed by atoms with Gasteiger partial charge in [-0.25, -0.2) is 14.8 Å². The summed E-state index contributed by atoms with van der Waals surface area (Å²) < 4.78 is 46.6. The smallest absolute Gasteiger partial charge is 0.446 e. The number of thioether (sulfide) groups is 1. The van der Waals surface area contributed by atoms with Gasteiger partial charge in [0.15, 0.2) is 5.17 Å². The number of likely N-dealkylation sites (tertiary alicyclic amines) is 1. The fourth-order valence-electron chi connectivity index (χ4n) is 3.41. The number of nitrogens with zero attached hydrogens (tertiary/aromatic N) is 4. The number of esters is 1. The van der Waals surface area contributed by atoms with E-state index in [1.54, 1.807) is 28.0 Å². The Hall–Kier alpha value is -1.94. The van der Waals surface area contributed by atoms with Crippen LogP contribution in [-0.4, -0.2) is 54.0 Å². The molecule has 0 radical (unpaired) electrons. The lowest BCUT2D eigenvalue weighted by Gasteiger charge is -2.39. The molecule has 150 valence electrons. The minimum Gasteiger partial charge on any atom is -0.465 e. The van der Waals surface area contributed by atoms with Crippen LogP contribution in [-0.2, 0) is 9.53 Å². The number of hydrogen-bond acceptors (Lipinski definition) is 7. The van der Waals surface area contributed by atoms with Crippen LogP contribution >= 0.6 is 23.4 Å². The molecule has 1 aromatic carbocycles. The molecule has 1 aromatic rings. The van der Waals surface area contributed by atoms with Gasteiger partial charge in [0.05, 0.1) is 12.8 Å². The van der Waals surface area contributed by atoms with Gasteiger partial charge in [0, 0.05) is 23.0 Å². The molecule has 3 aliphatic rings. The minimum absolute atomic E-state index is 0.0237. The van der Waals surface area contributed by atoms with Crippen molar-refractivity contribution in [3.05, 3.63) is 23.2 Å². The molecule has 6 nitrogen and oxygen atoms in total. The average molecular weight is 433 g/mol. The van der Waals surface area contributed by atoms with Crippen LogP contribution in [0.3, 0.4) is 0 Å². The number of rotatable bonds is 1. The van der Waals surface area contributed by atoms with Crippen LogP contribution in [0.25, 0.3) is 0 Å². The van der Waals surface area contributed by atoms with Gasteiger partial charge in [0.2, 0.25) is 5.96 Å². The van der Waals surface area contributed by atoms with Crippen molar-refractivity contribution in [2.75, 3.05) is 25.1 Å². The maximum absolute atomic E-state index is 14.0. The summed E-state index contributed by atoms with van der Waals surface area (Å²) in [4.78, 5) is 23.9. The zero-order chi connectivity index (χ0) is 20.1. The van der Waals surface area contributed by atoms with Gasteiger partial charge in [-0.3, -0.25) is 4.90 Å². The zero-order valence-corrected chi connectivity index (χ0v) is 16.4. The van der Waals surface area contributed by atoms with E-state index in [1.165, 1.54) is 0 Å². The van der Waals surface area contributed by atoms with Crippen molar-refractivity contribution in [3.8, 4) is 0 Å². The van der Waals surface area contributed by atoms with E-state index in [4.69, 9.17) is 11.6 Å². The number of amidine groups is 1. The number of fused-ring (bicyclic) bond motifs is 3. The molecule has 3 aliphatic heterocycles. The lowest BCUT2D eigenvalue weighted by Crippen LogP contribution is -2.59. The van der Waals surface area contributed by atoms with E-state index in [2.05, 4.69) is 14.7 Å². The molecule has 0 saturated carbocycles. The molecule has 0 bridgehead atoms. The Balaban J connectivity index is 1.91. The van der Waals surface area contributed by atoms with Crippen molar-refractivity contribution in [1.29, 1.82) is 0 Å². The molecule has 1 saturated heterocycles. The fraction of sp³-hybridized carbons (Fsp3) is 0.471. The number of halogens is 4. The van der Waals surface area contributed by atoms with Gasteiger partial charge in [-0.05, 0) is 49.2 Å².